The number of benzene rings is 3. The van der Waals surface area contributed by atoms with Crippen LogP contribution in [0, 0.1) is 17.1 Å². The highest BCUT2D eigenvalue weighted by Gasteiger charge is 2.37. The van der Waals surface area contributed by atoms with Crippen molar-refractivity contribution in [3.8, 4) is 28.6 Å². The molecule has 4 aromatic rings. The van der Waals surface area contributed by atoms with Crippen molar-refractivity contribution in [2.24, 2.45) is 0 Å². The summed E-state index contributed by atoms with van der Waals surface area (Å²) < 4.78 is 25.9. The lowest BCUT2D eigenvalue weighted by atomic mass is 9.81. The number of esters is 1. The lowest BCUT2D eigenvalue weighted by Crippen LogP contribution is -2.31. The van der Waals surface area contributed by atoms with Gasteiger partial charge in [-0.1, -0.05) is 48.6 Å². The van der Waals surface area contributed by atoms with Crippen LogP contribution in [0.3, 0.4) is 0 Å². The molecule has 35 heavy (non-hydrogen) atoms. The average molecular weight is 582 g/mol. The van der Waals surface area contributed by atoms with Gasteiger partial charge in [-0.25, -0.2) is 9.18 Å². The van der Waals surface area contributed by atoms with Gasteiger partial charge in [-0.15, -0.1) is 0 Å². The van der Waals surface area contributed by atoms with E-state index >= 15 is 0 Å². The second-order valence-corrected chi connectivity index (χ2v) is 9.95. The summed E-state index contributed by atoms with van der Waals surface area (Å²) in [7, 11) is 2.96. The fourth-order valence-electron chi connectivity index (χ4n) is 4.33. The zero-order chi connectivity index (χ0) is 25.3. The average Bonchev–Trinajstić information content (AvgIpc) is 3.23. The van der Waals surface area contributed by atoms with E-state index in [1.165, 1.54) is 19.2 Å². The van der Waals surface area contributed by atoms with Crippen molar-refractivity contribution >= 4 is 39.5 Å². The Balaban J connectivity index is 2.14. The Labute approximate surface area is 217 Å². The Hall–Kier alpha value is -3.38. The number of halogens is 2. The standard InChI is InChI=1S/C28H24FIN2O3/c1-28(2,24(30)16-31)26-25(17-5-7-18(8-6-17)27(33)35-4)22-15-21(34-3)13-14-23(22)32(26)20-11-9-19(29)10-12-20/h5-15,24H,1-4H3. The number of carbonyl (C=O) groups excluding carboxylic acids is 1. The molecule has 0 aliphatic rings. The summed E-state index contributed by atoms with van der Waals surface area (Å²) in [4.78, 5) is 12.0. The predicted molar refractivity (Wildman–Crippen MR) is 143 cm³/mol. The third-order valence-electron chi connectivity index (χ3n) is 6.21. The number of carbonyl (C=O) groups is 1. The van der Waals surface area contributed by atoms with E-state index in [2.05, 4.69) is 33.2 Å². The first kappa shape index (κ1) is 24.7. The van der Waals surface area contributed by atoms with E-state index in [4.69, 9.17) is 9.47 Å². The summed E-state index contributed by atoms with van der Waals surface area (Å²) in [6, 6.07) is 21.8. The minimum Gasteiger partial charge on any atom is -0.497 e. The van der Waals surface area contributed by atoms with Gasteiger partial charge in [0.05, 0.1) is 31.4 Å². The van der Waals surface area contributed by atoms with Crippen LogP contribution < -0.4 is 4.74 Å². The van der Waals surface area contributed by atoms with E-state index < -0.39 is 11.4 Å². The van der Waals surface area contributed by atoms with Gasteiger partial charge in [0, 0.05) is 27.7 Å². The molecular weight excluding hydrogens is 558 g/mol. The Morgan fingerprint density at radius 2 is 1.71 bits per heavy atom. The molecule has 3 aromatic carbocycles. The van der Waals surface area contributed by atoms with Crippen LogP contribution in [-0.4, -0.2) is 28.7 Å². The Kier molecular flexibility index (Phi) is 6.86. The number of aromatic nitrogens is 1. The van der Waals surface area contributed by atoms with Crippen LogP contribution in [-0.2, 0) is 10.2 Å². The number of hydrogen-bond donors (Lipinski definition) is 0. The minimum atomic E-state index is -0.605. The molecule has 7 heteroatoms. The molecule has 1 aromatic heterocycles. The molecule has 0 N–H and O–H groups in total. The largest absolute Gasteiger partial charge is 0.497 e. The van der Waals surface area contributed by atoms with Crippen molar-refractivity contribution in [3.63, 3.8) is 0 Å². The molecule has 0 aliphatic heterocycles. The summed E-state index contributed by atoms with van der Waals surface area (Å²) in [6.07, 6.45) is 0. The van der Waals surface area contributed by atoms with Gasteiger partial charge in [-0.2, -0.15) is 5.26 Å². The number of ether oxygens (including phenoxy) is 2. The topological polar surface area (TPSA) is 64.2 Å². The predicted octanol–water partition coefficient (Wildman–Crippen LogP) is 6.84. The molecule has 5 nitrogen and oxygen atoms in total. The summed E-state index contributed by atoms with van der Waals surface area (Å²) in [5.74, 6) is -0.0451. The zero-order valence-corrected chi connectivity index (χ0v) is 22.0. The first-order valence-electron chi connectivity index (χ1n) is 10.9. The van der Waals surface area contributed by atoms with Crippen molar-refractivity contribution in [2.75, 3.05) is 14.2 Å². The maximum absolute atomic E-state index is 13.8. The lowest BCUT2D eigenvalue weighted by Gasteiger charge is -2.30. The molecule has 4 rings (SSSR count). The van der Waals surface area contributed by atoms with Crippen LogP contribution in [0.5, 0.6) is 5.75 Å². The number of rotatable bonds is 6. The van der Waals surface area contributed by atoms with Gasteiger partial charge in [0.25, 0.3) is 0 Å². The van der Waals surface area contributed by atoms with Gasteiger partial charge < -0.3 is 14.0 Å². The molecule has 0 bridgehead atoms. The highest BCUT2D eigenvalue weighted by molar-refractivity contribution is 14.1. The van der Waals surface area contributed by atoms with E-state index in [9.17, 15) is 14.4 Å². The number of nitrogens with zero attached hydrogens (tertiary/aromatic N) is 2. The van der Waals surface area contributed by atoms with Gasteiger partial charge in [0.1, 0.15) is 15.5 Å². The van der Waals surface area contributed by atoms with Crippen molar-refractivity contribution < 1.29 is 18.7 Å². The maximum Gasteiger partial charge on any atom is 0.337 e. The van der Waals surface area contributed by atoms with E-state index in [-0.39, 0.29) is 9.74 Å². The number of nitriles is 1. The third kappa shape index (κ3) is 4.39. The minimum absolute atomic E-state index is 0.324. The Morgan fingerprint density at radius 1 is 1.06 bits per heavy atom. The highest BCUT2D eigenvalue weighted by atomic mass is 127. The van der Waals surface area contributed by atoms with E-state index in [0.29, 0.717) is 11.3 Å². The number of hydrogen-bond acceptors (Lipinski definition) is 4. The van der Waals surface area contributed by atoms with Gasteiger partial charge in [-0.05, 0) is 60.2 Å². The molecule has 0 amide bonds. The molecular formula is C28H24FIN2O3. The molecule has 0 fully saturated rings. The first-order chi connectivity index (χ1) is 16.7. The summed E-state index contributed by atoms with van der Waals surface area (Å²) in [5.41, 5.74) is 4.22. The van der Waals surface area contributed by atoms with E-state index in [1.807, 2.05) is 44.2 Å². The van der Waals surface area contributed by atoms with E-state index in [1.54, 1.807) is 31.4 Å². The van der Waals surface area contributed by atoms with Gasteiger partial charge in [0.2, 0.25) is 0 Å². The number of fused-ring (bicyclic) bond motifs is 1. The molecule has 0 saturated heterocycles. The normalized spacial score (nSPS) is 12.3. The van der Waals surface area contributed by atoms with Gasteiger partial charge >= 0.3 is 5.97 Å². The van der Waals surface area contributed by atoms with Crippen LogP contribution in [0.2, 0.25) is 0 Å². The molecule has 0 spiro atoms. The van der Waals surface area contributed by atoms with Crippen LogP contribution >= 0.6 is 22.6 Å². The first-order valence-corrected chi connectivity index (χ1v) is 12.2. The molecule has 0 aliphatic carbocycles. The smallest absolute Gasteiger partial charge is 0.337 e. The van der Waals surface area contributed by atoms with Crippen LogP contribution in [0.4, 0.5) is 4.39 Å². The fourth-order valence-corrected chi connectivity index (χ4v) is 4.63. The van der Waals surface area contributed by atoms with Crippen molar-refractivity contribution in [3.05, 3.63) is 83.8 Å². The van der Waals surface area contributed by atoms with E-state index in [0.717, 1.165) is 33.4 Å². The highest BCUT2D eigenvalue weighted by Crippen LogP contribution is 2.46. The quantitative estimate of drug-likeness (QED) is 0.142. The van der Waals surface area contributed by atoms with Gasteiger partial charge in [-0.3, -0.25) is 0 Å². The summed E-state index contributed by atoms with van der Waals surface area (Å²) >= 11 is 2.17. The Bertz CT molecular complexity index is 1430. The molecule has 1 atom stereocenters. The van der Waals surface area contributed by atoms with Gasteiger partial charge in [0.15, 0.2) is 0 Å². The third-order valence-corrected chi connectivity index (χ3v) is 8.05. The summed E-state index contributed by atoms with van der Waals surface area (Å²) in [6.45, 7) is 4.07. The molecule has 178 valence electrons. The van der Waals surface area contributed by atoms with Crippen LogP contribution in [0.15, 0.2) is 66.7 Å². The van der Waals surface area contributed by atoms with Crippen molar-refractivity contribution in [1.29, 1.82) is 5.26 Å². The molecule has 0 saturated carbocycles. The monoisotopic (exact) mass is 582 g/mol. The summed E-state index contributed by atoms with van der Waals surface area (Å²) in [5, 5.41) is 10.8. The molecule has 0 radical (unpaired) electrons. The molecule has 1 unspecified atom stereocenters. The van der Waals surface area contributed by atoms with Crippen LogP contribution in [0.25, 0.3) is 27.7 Å². The Morgan fingerprint density at radius 3 is 2.29 bits per heavy atom. The van der Waals surface area contributed by atoms with Crippen molar-refractivity contribution in [2.45, 2.75) is 23.2 Å². The zero-order valence-electron chi connectivity index (χ0n) is 19.8. The lowest BCUT2D eigenvalue weighted by molar-refractivity contribution is 0.0600. The number of methoxy groups -OCH3 is 2. The fraction of sp³-hybridized carbons (Fsp3) is 0.214. The van der Waals surface area contributed by atoms with Crippen LogP contribution in [0.1, 0.15) is 29.9 Å². The van der Waals surface area contributed by atoms with Crippen molar-refractivity contribution in [1.82, 2.24) is 4.57 Å². The maximum atomic E-state index is 13.8. The number of alkyl halides is 1. The molecule has 1 heterocycles. The second kappa shape index (κ2) is 9.70. The SMILES string of the molecule is COC(=O)c1ccc(-c2c(C(C)(C)C(I)C#N)n(-c3ccc(F)cc3)c3ccc(OC)cc23)cc1. The second-order valence-electron chi connectivity index (χ2n) is 8.70.